The zero-order valence-electron chi connectivity index (χ0n) is 11.9. The van der Waals surface area contributed by atoms with E-state index in [0.29, 0.717) is 6.04 Å². The first-order valence-corrected chi connectivity index (χ1v) is 7.25. The second-order valence-electron chi connectivity index (χ2n) is 4.88. The van der Waals surface area contributed by atoms with Crippen molar-refractivity contribution in [2.45, 2.75) is 39.7 Å². The Morgan fingerprint density at radius 3 is 2.78 bits per heavy atom. The Labute approximate surface area is 111 Å². The van der Waals surface area contributed by atoms with Crippen LogP contribution in [0.3, 0.4) is 0 Å². The zero-order chi connectivity index (χ0) is 13.0. The Hall–Kier alpha value is -1.09. The van der Waals surface area contributed by atoms with Gasteiger partial charge < -0.3 is 4.90 Å². The fraction of sp³-hybridized carbons (Fsp3) is 0.667. The number of pyridine rings is 1. The monoisotopic (exact) mass is 247 g/mol. The molecule has 2 heterocycles. The molecule has 100 valence electrons. The Kier molecular flexibility index (Phi) is 4.59. The van der Waals surface area contributed by atoms with Gasteiger partial charge in [-0.25, -0.2) is 4.98 Å². The molecule has 0 bridgehead atoms. The number of nitrogens with zero attached hydrogens (tertiary/aromatic N) is 3. The fourth-order valence-corrected chi connectivity index (χ4v) is 3.01. The van der Waals surface area contributed by atoms with Crippen molar-refractivity contribution in [3.8, 4) is 0 Å². The van der Waals surface area contributed by atoms with Crippen molar-refractivity contribution in [2.24, 2.45) is 0 Å². The quantitative estimate of drug-likeness (QED) is 0.797. The predicted octanol–water partition coefficient (Wildman–Crippen LogP) is 3.08. The van der Waals surface area contributed by atoms with Crippen LogP contribution >= 0.6 is 0 Å². The van der Waals surface area contributed by atoms with E-state index in [1.165, 1.54) is 30.8 Å². The summed E-state index contributed by atoms with van der Waals surface area (Å²) in [6, 6.07) is 4.91. The van der Waals surface area contributed by atoms with Crippen molar-refractivity contribution in [1.82, 2.24) is 9.88 Å². The second-order valence-corrected chi connectivity index (χ2v) is 4.88. The Morgan fingerprint density at radius 2 is 2.11 bits per heavy atom. The predicted molar refractivity (Wildman–Crippen MR) is 77.0 cm³/mol. The van der Waals surface area contributed by atoms with Gasteiger partial charge in [-0.05, 0) is 45.8 Å². The van der Waals surface area contributed by atoms with Crippen molar-refractivity contribution in [1.29, 1.82) is 0 Å². The van der Waals surface area contributed by atoms with Gasteiger partial charge in [-0.3, -0.25) is 4.90 Å². The Bertz CT molecular complexity index is 374. The van der Waals surface area contributed by atoms with Crippen LogP contribution in [-0.2, 0) is 0 Å². The van der Waals surface area contributed by atoms with E-state index in [2.05, 4.69) is 47.7 Å². The van der Waals surface area contributed by atoms with Crippen molar-refractivity contribution in [3.05, 3.63) is 23.9 Å². The molecule has 1 aromatic rings. The minimum Gasteiger partial charge on any atom is -0.357 e. The normalized spacial score (nSPS) is 20.3. The van der Waals surface area contributed by atoms with Crippen LogP contribution in [0.4, 0.5) is 5.82 Å². The van der Waals surface area contributed by atoms with E-state index in [4.69, 9.17) is 0 Å². The first-order valence-electron chi connectivity index (χ1n) is 7.25. The largest absolute Gasteiger partial charge is 0.357 e. The first kappa shape index (κ1) is 13.3. The van der Waals surface area contributed by atoms with Crippen LogP contribution in [0.2, 0.25) is 0 Å². The highest BCUT2D eigenvalue weighted by atomic mass is 15.2. The molecule has 1 aliphatic rings. The van der Waals surface area contributed by atoms with Crippen molar-refractivity contribution in [2.75, 3.05) is 31.1 Å². The second kappa shape index (κ2) is 6.19. The maximum Gasteiger partial charge on any atom is 0.133 e. The molecule has 0 N–H and O–H groups in total. The summed E-state index contributed by atoms with van der Waals surface area (Å²) in [5.74, 6) is 1.19. The number of aromatic nitrogens is 1. The smallest absolute Gasteiger partial charge is 0.133 e. The van der Waals surface area contributed by atoms with Crippen LogP contribution in [0.15, 0.2) is 18.3 Å². The molecule has 0 amide bonds. The van der Waals surface area contributed by atoms with Gasteiger partial charge in [0.2, 0.25) is 0 Å². The summed E-state index contributed by atoms with van der Waals surface area (Å²) < 4.78 is 0. The Morgan fingerprint density at radius 1 is 1.33 bits per heavy atom. The third-order valence-electron chi connectivity index (χ3n) is 4.01. The molecule has 0 saturated carbocycles. The van der Waals surface area contributed by atoms with E-state index < -0.39 is 0 Å². The molecule has 2 rings (SSSR count). The molecule has 0 radical (unpaired) electrons. The van der Waals surface area contributed by atoms with Crippen LogP contribution in [0.5, 0.6) is 0 Å². The molecule has 3 nitrogen and oxygen atoms in total. The highest BCUT2D eigenvalue weighted by Crippen LogP contribution is 2.35. The van der Waals surface area contributed by atoms with E-state index in [1.807, 2.05) is 6.20 Å². The number of hydrogen-bond donors (Lipinski definition) is 0. The van der Waals surface area contributed by atoms with Gasteiger partial charge in [-0.1, -0.05) is 13.0 Å². The molecule has 1 atom stereocenters. The van der Waals surface area contributed by atoms with Crippen LogP contribution in [0.25, 0.3) is 0 Å². The molecule has 1 aromatic heterocycles. The van der Waals surface area contributed by atoms with Crippen molar-refractivity contribution >= 4 is 5.82 Å². The summed E-state index contributed by atoms with van der Waals surface area (Å²) in [6.07, 6.45) is 4.50. The van der Waals surface area contributed by atoms with Gasteiger partial charge in [-0.2, -0.15) is 0 Å². The molecule has 3 heteroatoms. The van der Waals surface area contributed by atoms with Gasteiger partial charge >= 0.3 is 0 Å². The molecule has 1 aliphatic heterocycles. The lowest BCUT2D eigenvalue weighted by molar-refractivity contribution is 0.271. The number of anilines is 1. The third kappa shape index (κ3) is 2.51. The van der Waals surface area contributed by atoms with Gasteiger partial charge in [0.05, 0.1) is 0 Å². The van der Waals surface area contributed by atoms with E-state index >= 15 is 0 Å². The SMILES string of the molecule is CCN(CC)c1ncccc1[C@H]1CCCN1CC. The molecule has 0 aromatic carbocycles. The average molecular weight is 247 g/mol. The highest BCUT2D eigenvalue weighted by molar-refractivity contribution is 5.48. The van der Waals surface area contributed by atoms with Gasteiger partial charge in [0.1, 0.15) is 5.82 Å². The van der Waals surface area contributed by atoms with E-state index in [9.17, 15) is 0 Å². The minimum atomic E-state index is 0.569. The third-order valence-corrected chi connectivity index (χ3v) is 4.01. The maximum atomic E-state index is 4.63. The van der Waals surface area contributed by atoms with Crippen molar-refractivity contribution < 1.29 is 0 Å². The summed E-state index contributed by atoms with van der Waals surface area (Å²) in [7, 11) is 0. The minimum absolute atomic E-state index is 0.569. The number of likely N-dealkylation sites (tertiary alicyclic amines) is 1. The lowest BCUT2D eigenvalue weighted by Gasteiger charge is -2.29. The summed E-state index contributed by atoms with van der Waals surface area (Å²) in [4.78, 5) is 9.57. The van der Waals surface area contributed by atoms with Crippen LogP contribution < -0.4 is 4.90 Å². The van der Waals surface area contributed by atoms with Gasteiger partial charge in [0.15, 0.2) is 0 Å². The molecule has 1 fully saturated rings. The lowest BCUT2D eigenvalue weighted by Crippen LogP contribution is -2.28. The molecule has 0 unspecified atom stereocenters. The van der Waals surface area contributed by atoms with E-state index in [1.54, 1.807) is 0 Å². The van der Waals surface area contributed by atoms with Crippen LogP contribution in [-0.4, -0.2) is 36.1 Å². The Balaban J connectivity index is 2.32. The topological polar surface area (TPSA) is 19.4 Å². The fourth-order valence-electron chi connectivity index (χ4n) is 3.01. The molecule has 1 saturated heterocycles. The summed E-state index contributed by atoms with van der Waals surface area (Å²) in [5.41, 5.74) is 1.42. The van der Waals surface area contributed by atoms with Gasteiger partial charge in [-0.15, -0.1) is 0 Å². The number of rotatable bonds is 5. The standard InChI is InChI=1S/C15H25N3/c1-4-17(5-2)15-13(9-7-11-16-15)14-10-8-12-18(14)6-3/h7,9,11,14H,4-6,8,10,12H2,1-3H3/t14-/m1/s1. The summed E-state index contributed by atoms with van der Waals surface area (Å²) >= 11 is 0. The molecular formula is C15H25N3. The van der Waals surface area contributed by atoms with Crippen LogP contribution in [0, 0.1) is 0 Å². The highest BCUT2D eigenvalue weighted by Gasteiger charge is 2.27. The average Bonchev–Trinajstić information content (AvgIpc) is 2.89. The van der Waals surface area contributed by atoms with Crippen LogP contribution in [0.1, 0.15) is 45.2 Å². The van der Waals surface area contributed by atoms with E-state index in [-0.39, 0.29) is 0 Å². The number of hydrogen-bond acceptors (Lipinski definition) is 3. The molecule has 0 aliphatic carbocycles. The van der Waals surface area contributed by atoms with Gasteiger partial charge in [0, 0.05) is 30.9 Å². The van der Waals surface area contributed by atoms with Crippen molar-refractivity contribution in [3.63, 3.8) is 0 Å². The van der Waals surface area contributed by atoms with E-state index in [0.717, 1.165) is 19.6 Å². The first-order chi connectivity index (χ1) is 8.81. The van der Waals surface area contributed by atoms with Gasteiger partial charge in [0.25, 0.3) is 0 Å². The lowest BCUT2D eigenvalue weighted by atomic mass is 10.0. The summed E-state index contributed by atoms with van der Waals surface area (Å²) in [6.45, 7) is 11.1. The zero-order valence-corrected chi connectivity index (χ0v) is 11.9. The molecule has 0 spiro atoms. The molecule has 18 heavy (non-hydrogen) atoms. The summed E-state index contributed by atoms with van der Waals surface area (Å²) in [5, 5.41) is 0. The maximum absolute atomic E-state index is 4.63. The molecular weight excluding hydrogens is 222 g/mol.